The summed E-state index contributed by atoms with van der Waals surface area (Å²) in [6.07, 6.45) is 0. The molecule has 6 heteroatoms. The first-order valence-corrected chi connectivity index (χ1v) is 5.97. The van der Waals surface area contributed by atoms with Gasteiger partial charge in [0.15, 0.2) is 0 Å². The van der Waals surface area contributed by atoms with Crippen molar-refractivity contribution in [3.63, 3.8) is 0 Å². The summed E-state index contributed by atoms with van der Waals surface area (Å²) < 4.78 is 0. The van der Waals surface area contributed by atoms with Crippen molar-refractivity contribution in [1.29, 1.82) is 0 Å². The number of likely N-dealkylation sites (N-methyl/N-ethyl adjacent to an activating group) is 1. The molecule has 0 aliphatic carbocycles. The number of amides is 1. The maximum atomic E-state index is 11.8. The van der Waals surface area contributed by atoms with Crippen LogP contribution in [0.25, 0.3) is 0 Å². The van der Waals surface area contributed by atoms with Crippen molar-refractivity contribution in [2.45, 2.75) is 13.0 Å². The molecule has 0 fully saturated rings. The van der Waals surface area contributed by atoms with Crippen LogP contribution in [0.15, 0.2) is 18.2 Å². The fourth-order valence-electron chi connectivity index (χ4n) is 1.35. The summed E-state index contributed by atoms with van der Waals surface area (Å²) in [7, 11) is 1.77. The van der Waals surface area contributed by atoms with E-state index in [1.165, 1.54) is 0 Å². The first-order valence-electron chi connectivity index (χ1n) is 5.60. The Morgan fingerprint density at radius 1 is 1.61 bits per heavy atom. The second kappa shape index (κ2) is 6.58. The second-order valence-electron chi connectivity index (χ2n) is 4.23. The van der Waals surface area contributed by atoms with E-state index < -0.39 is 0 Å². The van der Waals surface area contributed by atoms with Gasteiger partial charge in [-0.1, -0.05) is 11.6 Å². The van der Waals surface area contributed by atoms with Crippen molar-refractivity contribution in [1.82, 2.24) is 4.90 Å². The molecule has 0 heterocycles. The number of aliphatic hydroxyl groups is 1. The third-order valence-electron chi connectivity index (χ3n) is 2.70. The molecule has 18 heavy (non-hydrogen) atoms. The number of hydrogen-bond acceptors (Lipinski definition) is 4. The molecule has 0 aliphatic rings. The molecule has 0 saturated heterocycles. The quantitative estimate of drug-likeness (QED) is 0.703. The minimum atomic E-state index is -0.202. The van der Waals surface area contributed by atoms with E-state index in [-0.39, 0.29) is 25.1 Å². The minimum Gasteiger partial charge on any atom is -0.397 e. The molecular weight excluding hydrogens is 254 g/mol. The summed E-state index contributed by atoms with van der Waals surface area (Å²) in [6, 6.07) is 4.82. The van der Waals surface area contributed by atoms with Crippen LogP contribution in [-0.2, 0) is 4.79 Å². The molecule has 1 amide bonds. The summed E-state index contributed by atoms with van der Waals surface area (Å²) in [6.45, 7) is 2.01. The molecule has 0 bridgehead atoms. The molecule has 1 rings (SSSR count). The Bertz CT molecular complexity index is 426. The predicted molar refractivity (Wildman–Crippen MR) is 73.7 cm³/mol. The molecule has 1 aromatic rings. The highest BCUT2D eigenvalue weighted by molar-refractivity contribution is 6.31. The van der Waals surface area contributed by atoms with Gasteiger partial charge in [-0.3, -0.25) is 9.69 Å². The minimum absolute atomic E-state index is 0.00306. The number of halogens is 1. The van der Waals surface area contributed by atoms with Crippen LogP contribution in [0.3, 0.4) is 0 Å². The summed E-state index contributed by atoms with van der Waals surface area (Å²) in [5.41, 5.74) is 6.69. The first kappa shape index (κ1) is 14.8. The van der Waals surface area contributed by atoms with Gasteiger partial charge in [-0.05, 0) is 32.2 Å². The predicted octanol–water partition coefficient (Wildman–Crippen LogP) is 1.17. The van der Waals surface area contributed by atoms with Gasteiger partial charge in [-0.15, -0.1) is 0 Å². The Morgan fingerprint density at radius 3 is 2.89 bits per heavy atom. The maximum absolute atomic E-state index is 11.8. The van der Waals surface area contributed by atoms with E-state index in [0.29, 0.717) is 16.4 Å². The summed E-state index contributed by atoms with van der Waals surface area (Å²) in [5, 5.41) is 12.2. The molecule has 1 atom stereocenters. The van der Waals surface area contributed by atoms with E-state index in [9.17, 15) is 4.79 Å². The highest BCUT2D eigenvalue weighted by Crippen LogP contribution is 2.22. The van der Waals surface area contributed by atoms with Gasteiger partial charge in [0.1, 0.15) is 0 Å². The van der Waals surface area contributed by atoms with Crippen molar-refractivity contribution in [2.75, 3.05) is 31.2 Å². The van der Waals surface area contributed by atoms with Gasteiger partial charge in [-0.2, -0.15) is 0 Å². The Kier molecular flexibility index (Phi) is 5.40. The Hall–Kier alpha value is -1.30. The highest BCUT2D eigenvalue weighted by Gasteiger charge is 2.13. The Morgan fingerprint density at radius 2 is 2.28 bits per heavy atom. The van der Waals surface area contributed by atoms with Gasteiger partial charge in [0, 0.05) is 11.1 Å². The van der Waals surface area contributed by atoms with Gasteiger partial charge in [0.2, 0.25) is 5.91 Å². The standard InChI is InChI=1S/C12H18ClN3O2/c1-8(7-17)16(2)6-12(18)15-11-5-9(13)3-4-10(11)14/h3-5,8,17H,6-7,14H2,1-2H3,(H,15,18). The SMILES string of the molecule is CC(CO)N(C)CC(=O)Nc1cc(Cl)ccc1N. The van der Waals surface area contributed by atoms with Crippen molar-refractivity contribution in [2.24, 2.45) is 0 Å². The van der Waals surface area contributed by atoms with Crippen LogP contribution in [-0.4, -0.2) is 42.2 Å². The maximum Gasteiger partial charge on any atom is 0.238 e. The van der Waals surface area contributed by atoms with E-state index in [4.69, 9.17) is 22.4 Å². The van der Waals surface area contributed by atoms with Crippen LogP contribution >= 0.6 is 11.6 Å². The van der Waals surface area contributed by atoms with Crippen LogP contribution in [0.2, 0.25) is 5.02 Å². The van der Waals surface area contributed by atoms with Crippen molar-refractivity contribution < 1.29 is 9.90 Å². The number of nitrogen functional groups attached to an aromatic ring is 1. The number of nitrogens with one attached hydrogen (secondary N) is 1. The highest BCUT2D eigenvalue weighted by atomic mass is 35.5. The van der Waals surface area contributed by atoms with E-state index in [1.807, 2.05) is 6.92 Å². The average Bonchev–Trinajstić information content (AvgIpc) is 2.32. The molecule has 0 aromatic heterocycles. The molecular formula is C12H18ClN3O2. The fourth-order valence-corrected chi connectivity index (χ4v) is 1.52. The topological polar surface area (TPSA) is 78.6 Å². The molecule has 1 aromatic carbocycles. The largest absolute Gasteiger partial charge is 0.397 e. The third kappa shape index (κ3) is 4.18. The zero-order chi connectivity index (χ0) is 13.7. The number of rotatable bonds is 5. The van der Waals surface area contributed by atoms with Crippen LogP contribution in [0.1, 0.15) is 6.92 Å². The summed E-state index contributed by atoms with van der Waals surface area (Å²) >= 11 is 5.83. The zero-order valence-corrected chi connectivity index (χ0v) is 11.2. The smallest absolute Gasteiger partial charge is 0.238 e. The average molecular weight is 272 g/mol. The van der Waals surface area contributed by atoms with E-state index in [0.717, 1.165) is 0 Å². The summed E-state index contributed by atoms with van der Waals surface area (Å²) in [5.74, 6) is -0.202. The van der Waals surface area contributed by atoms with E-state index in [2.05, 4.69) is 5.32 Å². The number of carbonyl (C=O) groups is 1. The molecule has 0 saturated carbocycles. The molecule has 100 valence electrons. The van der Waals surface area contributed by atoms with Crippen LogP contribution < -0.4 is 11.1 Å². The first-order chi connectivity index (χ1) is 8.43. The lowest BCUT2D eigenvalue weighted by atomic mass is 10.2. The van der Waals surface area contributed by atoms with Crippen molar-refractivity contribution in [3.8, 4) is 0 Å². The number of hydrogen-bond donors (Lipinski definition) is 3. The third-order valence-corrected chi connectivity index (χ3v) is 2.93. The van der Waals surface area contributed by atoms with Crippen LogP contribution in [0, 0.1) is 0 Å². The summed E-state index contributed by atoms with van der Waals surface area (Å²) in [4.78, 5) is 13.5. The number of nitrogens with two attached hydrogens (primary N) is 1. The molecule has 5 nitrogen and oxygen atoms in total. The molecule has 0 radical (unpaired) electrons. The van der Waals surface area contributed by atoms with Crippen molar-refractivity contribution >= 4 is 28.9 Å². The monoisotopic (exact) mass is 271 g/mol. The van der Waals surface area contributed by atoms with E-state index >= 15 is 0 Å². The number of anilines is 2. The lowest BCUT2D eigenvalue weighted by molar-refractivity contribution is -0.117. The lowest BCUT2D eigenvalue weighted by Crippen LogP contribution is -2.38. The lowest BCUT2D eigenvalue weighted by Gasteiger charge is -2.22. The van der Waals surface area contributed by atoms with Crippen LogP contribution in [0.4, 0.5) is 11.4 Å². The van der Waals surface area contributed by atoms with Gasteiger partial charge in [-0.25, -0.2) is 0 Å². The van der Waals surface area contributed by atoms with Gasteiger partial charge in [0.05, 0.1) is 24.5 Å². The van der Waals surface area contributed by atoms with Crippen molar-refractivity contribution in [3.05, 3.63) is 23.2 Å². The van der Waals surface area contributed by atoms with Gasteiger partial charge >= 0.3 is 0 Å². The molecule has 0 aliphatic heterocycles. The zero-order valence-electron chi connectivity index (χ0n) is 10.5. The Labute approximate surface area is 112 Å². The number of aliphatic hydroxyl groups excluding tert-OH is 1. The number of nitrogens with zero attached hydrogens (tertiary/aromatic N) is 1. The second-order valence-corrected chi connectivity index (χ2v) is 4.66. The molecule has 0 spiro atoms. The molecule has 1 unspecified atom stereocenters. The van der Waals surface area contributed by atoms with Crippen LogP contribution in [0.5, 0.6) is 0 Å². The molecule has 4 N–H and O–H groups in total. The van der Waals surface area contributed by atoms with Gasteiger partial charge < -0.3 is 16.2 Å². The number of carbonyl (C=O) groups excluding carboxylic acids is 1. The fraction of sp³-hybridized carbons (Fsp3) is 0.417. The van der Waals surface area contributed by atoms with Gasteiger partial charge in [0.25, 0.3) is 0 Å². The Balaban J connectivity index is 2.62. The van der Waals surface area contributed by atoms with E-state index in [1.54, 1.807) is 30.1 Å². The number of benzene rings is 1. The normalized spacial score (nSPS) is 12.5.